The molecule has 7 heteroatoms. The summed E-state index contributed by atoms with van der Waals surface area (Å²) in [5.41, 5.74) is 2.38. The highest BCUT2D eigenvalue weighted by molar-refractivity contribution is 7.09. The molecule has 2 bridgehead atoms. The summed E-state index contributed by atoms with van der Waals surface area (Å²) in [6.45, 7) is 8.00. The molecule has 0 unspecified atom stereocenters. The van der Waals surface area contributed by atoms with E-state index in [1.54, 1.807) is 11.3 Å². The highest BCUT2D eigenvalue weighted by atomic mass is 32.1. The van der Waals surface area contributed by atoms with E-state index in [9.17, 15) is 4.79 Å². The lowest BCUT2D eigenvalue weighted by Crippen LogP contribution is -2.47. The Morgan fingerprint density at radius 1 is 1.11 bits per heavy atom. The molecular weight excluding hydrogens is 360 g/mol. The van der Waals surface area contributed by atoms with Crippen LogP contribution in [0.25, 0.3) is 0 Å². The fraction of sp³-hybridized carbons (Fsp3) is 0.600. The molecule has 144 valence electrons. The fourth-order valence-corrected chi connectivity index (χ4v) is 5.52. The van der Waals surface area contributed by atoms with Crippen molar-refractivity contribution in [3.05, 3.63) is 50.3 Å². The molecule has 0 spiro atoms. The molecule has 2 saturated heterocycles. The van der Waals surface area contributed by atoms with Gasteiger partial charge in [-0.05, 0) is 18.4 Å². The van der Waals surface area contributed by atoms with Gasteiger partial charge in [0, 0.05) is 68.0 Å². The molecule has 0 amide bonds. The van der Waals surface area contributed by atoms with Crippen LogP contribution in [0.5, 0.6) is 0 Å². The standard InChI is InChI=1S/C20H26N4O2S/c25-20-16(12-22-4-6-26-7-5-22)1-2-18-17-9-15(11-24(18)20)10-23(13-17)14-19-21-3-8-27-19/h1-3,8,15,17H,4-7,9-14H2/t15-,17+/m0/s1. The lowest BCUT2D eigenvalue weighted by molar-refractivity contribution is 0.0338. The lowest BCUT2D eigenvalue weighted by Gasteiger charge is -2.42. The van der Waals surface area contributed by atoms with Crippen molar-refractivity contribution in [1.29, 1.82) is 0 Å². The summed E-state index contributed by atoms with van der Waals surface area (Å²) in [5, 5.41) is 3.23. The Labute approximate surface area is 163 Å². The van der Waals surface area contributed by atoms with Gasteiger partial charge >= 0.3 is 0 Å². The maximum atomic E-state index is 13.1. The first-order valence-corrected chi connectivity index (χ1v) is 10.8. The molecule has 2 aromatic heterocycles. The quantitative estimate of drug-likeness (QED) is 0.801. The first-order valence-electron chi connectivity index (χ1n) is 9.89. The number of likely N-dealkylation sites (tertiary alicyclic amines) is 1. The first-order chi connectivity index (χ1) is 13.3. The summed E-state index contributed by atoms with van der Waals surface area (Å²) in [5.74, 6) is 1.02. The Bertz CT molecular complexity index is 844. The monoisotopic (exact) mass is 386 g/mol. The first kappa shape index (κ1) is 17.6. The third kappa shape index (κ3) is 3.61. The molecule has 3 aliphatic rings. The van der Waals surface area contributed by atoms with Crippen molar-refractivity contribution in [3.8, 4) is 0 Å². The summed E-state index contributed by atoms with van der Waals surface area (Å²) >= 11 is 1.73. The Kier molecular flexibility index (Phi) is 4.85. The number of morpholine rings is 1. The zero-order valence-electron chi connectivity index (χ0n) is 15.5. The average molecular weight is 387 g/mol. The van der Waals surface area contributed by atoms with Gasteiger partial charge < -0.3 is 9.30 Å². The van der Waals surface area contributed by atoms with Crippen molar-refractivity contribution < 1.29 is 4.74 Å². The third-order valence-electron chi connectivity index (χ3n) is 6.10. The second kappa shape index (κ2) is 7.47. The molecular formula is C20H26N4O2S. The zero-order chi connectivity index (χ0) is 18.2. The van der Waals surface area contributed by atoms with Gasteiger partial charge in [-0.2, -0.15) is 0 Å². The molecule has 0 saturated carbocycles. The smallest absolute Gasteiger partial charge is 0.255 e. The van der Waals surface area contributed by atoms with Crippen LogP contribution in [-0.2, 0) is 24.4 Å². The van der Waals surface area contributed by atoms with Gasteiger partial charge in [0.25, 0.3) is 5.56 Å². The second-order valence-corrected chi connectivity index (χ2v) is 8.99. The number of nitrogens with zero attached hydrogens (tertiary/aromatic N) is 4. The van der Waals surface area contributed by atoms with Gasteiger partial charge in [0.1, 0.15) is 5.01 Å². The van der Waals surface area contributed by atoms with Crippen LogP contribution in [0.15, 0.2) is 28.5 Å². The molecule has 0 aliphatic carbocycles. The van der Waals surface area contributed by atoms with Crippen LogP contribution in [0.3, 0.4) is 0 Å². The maximum Gasteiger partial charge on any atom is 0.255 e. The van der Waals surface area contributed by atoms with Crippen molar-refractivity contribution in [2.45, 2.75) is 32.0 Å². The number of rotatable bonds is 4. The second-order valence-electron chi connectivity index (χ2n) is 8.01. The van der Waals surface area contributed by atoms with Crippen molar-refractivity contribution in [1.82, 2.24) is 19.4 Å². The number of hydrogen-bond acceptors (Lipinski definition) is 6. The molecule has 0 N–H and O–H groups in total. The summed E-state index contributed by atoms with van der Waals surface area (Å²) in [7, 11) is 0. The van der Waals surface area contributed by atoms with Crippen molar-refractivity contribution in [3.63, 3.8) is 0 Å². The van der Waals surface area contributed by atoms with Gasteiger partial charge in [0.15, 0.2) is 0 Å². The van der Waals surface area contributed by atoms with Crippen LogP contribution < -0.4 is 5.56 Å². The van der Waals surface area contributed by atoms with Crippen LogP contribution in [0.2, 0.25) is 0 Å². The van der Waals surface area contributed by atoms with Gasteiger partial charge in [-0.1, -0.05) is 6.07 Å². The van der Waals surface area contributed by atoms with Crippen molar-refractivity contribution >= 4 is 11.3 Å². The van der Waals surface area contributed by atoms with E-state index in [1.807, 2.05) is 11.6 Å². The third-order valence-corrected chi connectivity index (χ3v) is 6.86. The van der Waals surface area contributed by atoms with Gasteiger partial charge in [0.2, 0.25) is 0 Å². The fourth-order valence-electron chi connectivity index (χ4n) is 4.86. The number of piperidine rings is 1. The predicted octanol–water partition coefficient (Wildman–Crippen LogP) is 1.76. The number of pyridine rings is 1. The van der Waals surface area contributed by atoms with Crippen LogP contribution in [0.1, 0.15) is 28.6 Å². The number of fused-ring (bicyclic) bond motifs is 4. The van der Waals surface area contributed by atoms with E-state index in [0.717, 1.165) is 64.6 Å². The Balaban J connectivity index is 1.35. The van der Waals surface area contributed by atoms with Crippen LogP contribution >= 0.6 is 11.3 Å². The molecule has 27 heavy (non-hydrogen) atoms. The van der Waals surface area contributed by atoms with E-state index in [-0.39, 0.29) is 5.56 Å². The molecule has 5 heterocycles. The largest absolute Gasteiger partial charge is 0.379 e. The van der Waals surface area contributed by atoms with Crippen LogP contribution in [0.4, 0.5) is 0 Å². The van der Waals surface area contributed by atoms with Crippen LogP contribution in [0, 0.1) is 5.92 Å². The van der Waals surface area contributed by atoms with E-state index in [1.165, 1.54) is 17.1 Å². The summed E-state index contributed by atoms with van der Waals surface area (Å²) in [4.78, 5) is 22.4. The van der Waals surface area contributed by atoms with E-state index in [0.29, 0.717) is 11.8 Å². The van der Waals surface area contributed by atoms with Crippen LogP contribution in [-0.4, -0.2) is 58.7 Å². The molecule has 0 radical (unpaired) electrons. The van der Waals surface area contributed by atoms with Crippen molar-refractivity contribution in [2.75, 3.05) is 39.4 Å². The molecule has 2 fully saturated rings. The SMILES string of the molecule is O=c1c(CN2CCOCC2)ccc2n1C[C@H]1C[C@@H]2CN(Cc2nccs2)C1. The highest BCUT2D eigenvalue weighted by Crippen LogP contribution is 2.35. The average Bonchev–Trinajstić information content (AvgIpc) is 3.18. The van der Waals surface area contributed by atoms with Gasteiger partial charge in [-0.3, -0.25) is 14.6 Å². The van der Waals surface area contributed by atoms with E-state index >= 15 is 0 Å². The van der Waals surface area contributed by atoms with E-state index in [2.05, 4.69) is 31.5 Å². The molecule has 3 aliphatic heterocycles. The predicted molar refractivity (Wildman–Crippen MR) is 105 cm³/mol. The van der Waals surface area contributed by atoms with Gasteiger partial charge in [0.05, 0.1) is 19.8 Å². The van der Waals surface area contributed by atoms with Gasteiger partial charge in [-0.25, -0.2) is 4.98 Å². The molecule has 6 nitrogen and oxygen atoms in total. The molecule has 2 atom stereocenters. The topological polar surface area (TPSA) is 50.6 Å². The minimum Gasteiger partial charge on any atom is -0.379 e. The molecule has 5 rings (SSSR count). The maximum absolute atomic E-state index is 13.1. The minimum atomic E-state index is 0.224. The lowest BCUT2D eigenvalue weighted by atomic mass is 9.83. The Hall–Kier alpha value is -1.54. The minimum absolute atomic E-state index is 0.224. The number of thiazole rings is 1. The summed E-state index contributed by atoms with van der Waals surface area (Å²) < 4.78 is 7.50. The number of aromatic nitrogens is 2. The Morgan fingerprint density at radius 2 is 2.00 bits per heavy atom. The number of hydrogen-bond donors (Lipinski definition) is 0. The summed E-state index contributed by atoms with van der Waals surface area (Å²) in [6.07, 6.45) is 3.09. The van der Waals surface area contributed by atoms with Crippen molar-refractivity contribution in [2.24, 2.45) is 5.92 Å². The summed E-state index contributed by atoms with van der Waals surface area (Å²) in [6, 6.07) is 4.29. The Morgan fingerprint density at radius 3 is 2.81 bits per heavy atom. The molecule has 2 aromatic rings. The van der Waals surface area contributed by atoms with E-state index in [4.69, 9.17) is 4.74 Å². The zero-order valence-corrected chi connectivity index (χ0v) is 16.4. The normalized spacial score (nSPS) is 26.1. The number of ether oxygens (including phenoxy) is 1. The highest BCUT2D eigenvalue weighted by Gasteiger charge is 2.35. The van der Waals surface area contributed by atoms with Gasteiger partial charge in [-0.15, -0.1) is 11.3 Å². The van der Waals surface area contributed by atoms with E-state index < -0.39 is 0 Å². The molecule has 0 aromatic carbocycles.